The lowest BCUT2D eigenvalue weighted by Gasteiger charge is -2.13. The Morgan fingerprint density at radius 2 is 1.97 bits per heavy atom. The van der Waals surface area contributed by atoms with Crippen LogP contribution in [0.1, 0.15) is 12.5 Å². The molecule has 0 aliphatic rings. The quantitative estimate of drug-likeness (QED) is 0.383. The number of imidazole rings is 1. The maximum Gasteiger partial charge on any atom is 0.323 e. The Balaban J connectivity index is 1.39. The second-order valence-corrected chi connectivity index (χ2v) is 6.58. The summed E-state index contributed by atoms with van der Waals surface area (Å²) in [5.41, 5.74) is 2.34. The number of carbonyl (C=O) groups excluding carboxylic acids is 2. The zero-order valence-electron chi connectivity index (χ0n) is 15.3. The molecule has 1 amide bonds. The van der Waals surface area contributed by atoms with Gasteiger partial charge >= 0.3 is 11.7 Å². The molecule has 0 fully saturated rings. The lowest BCUT2D eigenvalue weighted by atomic mass is 10.1. The van der Waals surface area contributed by atoms with Crippen molar-refractivity contribution in [1.82, 2.24) is 9.97 Å². The first-order valence-corrected chi connectivity index (χ1v) is 8.80. The molecule has 4 rings (SSSR count). The zero-order chi connectivity index (χ0) is 20.5. The van der Waals surface area contributed by atoms with Gasteiger partial charge in [0.05, 0.1) is 23.7 Å². The summed E-state index contributed by atoms with van der Waals surface area (Å²) in [6.45, 7) is 1.47. The number of aromatic amines is 2. The topological polar surface area (TPSA) is 137 Å². The largest absolute Gasteiger partial charge is 0.508 e. The van der Waals surface area contributed by atoms with Gasteiger partial charge in [-0.3, -0.25) is 9.59 Å². The van der Waals surface area contributed by atoms with E-state index in [1.165, 1.54) is 25.3 Å². The molecule has 0 saturated carbocycles. The first-order chi connectivity index (χ1) is 13.9. The van der Waals surface area contributed by atoms with Gasteiger partial charge in [0.15, 0.2) is 6.10 Å². The lowest BCUT2D eigenvalue weighted by molar-refractivity contribution is -0.152. The van der Waals surface area contributed by atoms with Crippen molar-refractivity contribution >= 4 is 39.6 Å². The Hall–Kier alpha value is -4.01. The normalized spacial score (nSPS) is 12.2. The molecule has 2 aromatic carbocycles. The van der Waals surface area contributed by atoms with Crippen LogP contribution >= 0.6 is 0 Å². The third kappa shape index (κ3) is 3.84. The molecule has 0 unspecified atom stereocenters. The van der Waals surface area contributed by atoms with Crippen LogP contribution in [0, 0.1) is 0 Å². The number of hydrogen-bond acceptors (Lipinski definition) is 6. The number of phenolic OH excluding ortho intramolecular Hbond substituents is 1. The van der Waals surface area contributed by atoms with Crippen LogP contribution in [0.25, 0.3) is 22.0 Å². The second-order valence-electron chi connectivity index (χ2n) is 6.58. The van der Waals surface area contributed by atoms with E-state index in [9.17, 15) is 19.5 Å². The van der Waals surface area contributed by atoms with Crippen LogP contribution in [0.4, 0.5) is 5.69 Å². The van der Waals surface area contributed by atoms with Crippen molar-refractivity contribution in [2.75, 3.05) is 5.32 Å². The molecule has 148 valence electrons. The highest BCUT2D eigenvalue weighted by Crippen LogP contribution is 2.25. The minimum atomic E-state index is -1.02. The van der Waals surface area contributed by atoms with Gasteiger partial charge in [0.25, 0.3) is 5.91 Å². The highest BCUT2D eigenvalue weighted by atomic mass is 16.5. The van der Waals surface area contributed by atoms with Gasteiger partial charge in [-0.05, 0) is 37.3 Å². The summed E-state index contributed by atoms with van der Waals surface area (Å²) in [5.74, 6) is -1.03. The van der Waals surface area contributed by atoms with Crippen molar-refractivity contribution in [3.63, 3.8) is 0 Å². The van der Waals surface area contributed by atoms with Crippen molar-refractivity contribution in [3.05, 3.63) is 58.7 Å². The maximum atomic E-state index is 12.3. The molecule has 29 heavy (non-hydrogen) atoms. The number of H-pyrrole nitrogens is 2. The molecule has 2 heterocycles. The molecule has 1 atom stereocenters. The number of fused-ring (bicyclic) bond motifs is 2. The Morgan fingerprint density at radius 3 is 2.79 bits per heavy atom. The number of hydrogen-bond donors (Lipinski definition) is 4. The van der Waals surface area contributed by atoms with E-state index >= 15 is 0 Å². The van der Waals surface area contributed by atoms with E-state index in [-0.39, 0.29) is 17.9 Å². The third-order valence-electron chi connectivity index (χ3n) is 4.44. The third-order valence-corrected chi connectivity index (χ3v) is 4.44. The number of anilines is 1. The van der Waals surface area contributed by atoms with Crippen LogP contribution in [0.3, 0.4) is 0 Å². The number of furan rings is 1. The maximum absolute atomic E-state index is 12.3. The fraction of sp³-hybridized carbons (Fsp3) is 0.150. The van der Waals surface area contributed by atoms with E-state index in [1.54, 1.807) is 24.3 Å². The summed E-state index contributed by atoms with van der Waals surface area (Å²) < 4.78 is 10.5. The number of esters is 1. The van der Waals surface area contributed by atoms with Gasteiger partial charge in [0.1, 0.15) is 11.3 Å². The molecular formula is C20H17N3O6. The summed E-state index contributed by atoms with van der Waals surface area (Å²) in [6, 6.07) is 9.49. The first-order valence-electron chi connectivity index (χ1n) is 8.80. The SMILES string of the molecule is C[C@H](OC(=O)Cc1coc2cc(O)ccc12)C(=O)Nc1ccc2[nH]c(=O)[nH]c2c1. The minimum Gasteiger partial charge on any atom is -0.508 e. The summed E-state index contributed by atoms with van der Waals surface area (Å²) in [4.78, 5) is 41.1. The van der Waals surface area contributed by atoms with Crippen molar-refractivity contribution in [2.24, 2.45) is 0 Å². The van der Waals surface area contributed by atoms with Crippen molar-refractivity contribution < 1.29 is 23.8 Å². The molecule has 9 heteroatoms. The number of nitrogens with one attached hydrogen (secondary N) is 3. The van der Waals surface area contributed by atoms with Crippen LogP contribution in [-0.4, -0.2) is 33.1 Å². The van der Waals surface area contributed by atoms with Crippen molar-refractivity contribution in [3.8, 4) is 5.75 Å². The van der Waals surface area contributed by atoms with Crippen LogP contribution in [0.5, 0.6) is 5.75 Å². The molecule has 0 aliphatic carbocycles. The molecule has 0 aliphatic heterocycles. The molecule has 0 spiro atoms. The van der Waals surface area contributed by atoms with Crippen LogP contribution in [0.2, 0.25) is 0 Å². The number of phenols is 1. The Morgan fingerprint density at radius 1 is 1.17 bits per heavy atom. The van der Waals surface area contributed by atoms with Gasteiger partial charge in [0, 0.05) is 22.7 Å². The van der Waals surface area contributed by atoms with Crippen molar-refractivity contribution in [2.45, 2.75) is 19.4 Å². The summed E-state index contributed by atoms with van der Waals surface area (Å²) in [6.07, 6.45) is 0.320. The number of aromatic nitrogens is 2. The number of carbonyl (C=O) groups is 2. The number of aromatic hydroxyl groups is 1. The highest BCUT2D eigenvalue weighted by molar-refractivity contribution is 5.97. The first kappa shape index (κ1) is 18.4. The van der Waals surface area contributed by atoms with E-state index in [1.807, 2.05) is 0 Å². The Kier molecular flexibility index (Phi) is 4.55. The highest BCUT2D eigenvalue weighted by Gasteiger charge is 2.20. The van der Waals surface area contributed by atoms with Gasteiger partial charge in [0.2, 0.25) is 0 Å². The molecule has 4 N–H and O–H groups in total. The number of amides is 1. The van der Waals surface area contributed by atoms with Crippen LogP contribution < -0.4 is 11.0 Å². The molecule has 2 aromatic heterocycles. The summed E-state index contributed by atoms with van der Waals surface area (Å²) in [7, 11) is 0. The number of rotatable bonds is 5. The fourth-order valence-corrected chi connectivity index (χ4v) is 3.01. The van der Waals surface area contributed by atoms with Crippen LogP contribution in [0.15, 0.2) is 51.9 Å². The molecular weight excluding hydrogens is 378 g/mol. The van der Waals surface area contributed by atoms with Crippen LogP contribution in [-0.2, 0) is 20.7 Å². The van der Waals surface area contributed by atoms with E-state index in [2.05, 4.69) is 15.3 Å². The number of ether oxygens (including phenoxy) is 1. The van der Waals surface area contributed by atoms with E-state index < -0.39 is 18.0 Å². The zero-order valence-corrected chi connectivity index (χ0v) is 15.3. The molecule has 0 radical (unpaired) electrons. The van der Waals surface area contributed by atoms with E-state index in [0.29, 0.717) is 33.3 Å². The molecule has 9 nitrogen and oxygen atoms in total. The Bertz CT molecular complexity index is 1280. The van der Waals surface area contributed by atoms with Crippen molar-refractivity contribution in [1.29, 1.82) is 0 Å². The average molecular weight is 395 g/mol. The van der Waals surface area contributed by atoms with Gasteiger partial charge < -0.3 is 29.5 Å². The van der Waals surface area contributed by atoms with E-state index in [4.69, 9.17) is 9.15 Å². The lowest BCUT2D eigenvalue weighted by Crippen LogP contribution is -2.30. The number of benzene rings is 2. The standard InChI is InChI=1S/C20H17N3O6/c1-10(19(26)21-12-2-5-15-16(7-12)23-20(27)22-15)29-18(25)6-11-9-28-17-8-13(24)3-4-14(11)17/h2-5,7-10,24H,6H2,1H3,(H,21,26)(H2,22,23,27)/t10-/m0/s1. The molecule has 4 aromatic rings. The average Bonchev–Trinajstić information content (AvgIpc) is 3.23. The predicted molar refractivity (Wildman–Crippen MR) is 105 cm³/mol. The monoisotopic (exact) mass is 395 g/mol. The fourth-order valence-electron chi connectivity index (χ4n) is 3.01. The molecule has 0 bridgehead atoms. The molecule has 0 saturated heterocycles. The summed E-state index contributed by atoms with van der Waals surface area (Å²) in [5, 5.41) is 12.8. The summed E-state index contributed by atoms with van der Waals surface area (Å²) >= 11 is 0. The van der Waals surface area contributed by atoms with Gasteiger partial charge in [-0.25, -0.2) is 4.79 Å². The van der Waals surface area contributed by atoms with E-state index in [0.717, 1.165) is 0 Å². The Labute approximate surface area is 163 Å². The predicted octanol–water partition coefficient (Wildman–Crippen LogP) is 2.42. The van der Waals surface area contributed by atoms with Gasteiger partial charge in [-0.1, -0.05) is 0 Å². The van der Waals surface area contributed by atoms with Gasteiger partial charge in [-0.2, -0.15) is 0 Å². The van der Waals surface area contributed by atoms with Gasteiger partial charge in [-0.15, -0.1) is 0 Å². The second kappa shape index (κ2) is 7.19. The minimum absolute atomic E-state index is 0.0631. The smallest absolute Gasteiger partial charge is 0.323 e.